The number of aldehydes is 1. The molecule has 0 atom stereocenters. The molecule has 0 amide bonds. The molecule has 0 fully saturated rings. The van der Waals surface area contributed by atoms with Crippen LogP contribution in [0.3, 0.4) is 0 Å². The molecule has 0 heterocycles. The third-order valence-corrected chi connectivity index (χ3v) is 1.95. The summed E-state index contributed by atoms with van der Waals surface area (Å²) in [5.74, 6) is 0. The van der Waals surface area contributed by atoms with Crippen LogP contribution in [-0.2, 0) is 22.4 Å². The number of benzene rings is 1. The smallest absolute Gasteiger partial charge is 0.120 e. The second-order valence-corrected chi connectivity index (χ2v) is 3.29. The molecular weight excluding hydrogens is 212 g/mol. The highest BCUT2D eigenvalue weighted by Gasteiger charge is 1.93. The topological polar surface area (TPSA) is 26.3 Å². The Balaban J connectivity index is 0. The number of aryl methyl sites for hydroxylation is 2. The minimum atomic E-state index is 0.632. The molecule has 98 valence electrons. The van der Waals surface area contributed by atoms with Gasteiger partial charge in [0.2, 0.25) is 0 Å². The lowest BCUT2D eigenvalue weighted by molar-refractivity contribution is -0.107. The van der Waals surface area contributed by atoms with Crippen molar-refractivity contribution in [2.75, 3.05) is 14.2 Å². The summed E-state index contributed by atoms with van der Waals surface area (Å²) in [6, 6.07) is 8.41. The third-order valence-electron chi connectivity index (χ3n) is 1.95. The Morgan fingerprint density at radius 3 is 2.18 bits per heavy atom. The van der Waals surface area contributed by atoms with Crippen molar-refractivity contribution < 1.29 is 9.53 Å². The van der Waals surface area contributed by atoms with Crippen LogP contribution >= 0.6 is 0 Å². The molecule has 0 saturated heterocycles. The van der Waals surface area contributed by atoms with Gasteiger partial charge < -0.3 is 9.53 Å². The highest BCUT2D eigenvalue weighted by Crippen LogP contribution is 2.07. The molecule has 0 bridgehead atoms. The summed E-state index contributed by atoms with van der Waals surface area (Å²) in [7, 11) is 3.25. The van der Waals surface area contributed by atoms with Crippen LogP contribution in [0.25, 0.3) is 0 Å². The van der Waals surface area contributed by atoms with Gasteiger partial charge in [-0.25, -0.2) is 0 Å². The van der Waals surface area contributed by atoms with Gasteiger partial charge in [-0.1, -0.05) is 45.0 Å². The maximum Gasteiger partial charge on any atom is 0.120 e. The molecule has 2 heteroatoms. The second kappa shape index (κ2) is 14.8. The lowest BCUT2D eigenvalue weighted by Crippen LogP contribution is -1.88. The molecule has 0 aliphatic carbocycles. The molecule has 0 aliphatic heterocycles. The first-order chi connectivity index (χ1) is 8.28. The molecule has 0 saturated carbocycles. The van der Waals surface area contributed by atoms with Crippen LogP contribution in [0, 0.1) is 0 Å². The van der Waals surface area contributed by atoms with E-state index in [1.54, 1.807) is 14.2 Å². The van der Waals surface area contributed by atoms with Crippen LogP contribution < -0.4 is 0 Å². The van der Waals surface area contributed by atoms with Crippen LogP contribution in [0.15, 0.2) is 24.3 Å². The first-order valence-electron chi connectivity index (χ1n) is 6.20. The summed E-state index contributed by atoms with van der Waals surface area (Å²) in [5, 5.41) is 0. The fourth-order valence-electron chi connectivity index (χ4n) is 1.23. The Morgan fingerprint density at radius 2 is 1.71 bits per heavy atom. The molecule has 1 aromatic carbocycles. The third kappa shape index (κ3) is 11.1. The van der Waals surface area contributed by atoms with Crippen LogP contribution in [0.4, 0.5) is 0 Å². The van der Waals surface area contributed by atoms with E-state index in [1.807, 2.05) is 13.8 Å². The zero-order chi connectivity index (χ0) is 13.5. The van der Waals surface area contributed by atoms with Gasteiger partial charge in [0.25, 0.3) is 0 Å². The lowest BCUT2D eigenvalue weighted by Gasteiger charge is -2.00. The van der Waals surface area contributed by atoms with Gasteiger partial charge in [0.1, 0.15) is 6.29 Å². The maximum atomic E-state index is 10.1. The standard InChI is InChI=1S/C11H14O.C2H6O.C2H6/c1-2-10-5-3-6-11(9-10)7-4-8-12;1-3-2;1-2/h3,5-6,8-9H,2,4,7H2,1H3;1-2H3;1-2H3. The van der Waals surface area contributed by atoms with Gasteiger partial charge in [-0.2, -0.15) is 0 Å². The minimum absolute atomic E-state index is 0.632. The maximum absolute atomic E-state index is 10.1. The number of hydrogen-bond acceptors (Lipinski definition) is 2. The van der Waals surface area contributed by atoms with Gasteiger partial charge in [0, 0.05) is 20.6 Å². The normalized spacial score (nSPS) is 8.29. The van der Waals surface area contributed by atoms with Gasteiger partial charge in [-0.3, -0.25) is 0 Å². The Morgan fingerprint density at radius 1 is 1.18 bits per heavy atom. The largest absolute Gasteiger partial charge is 0.388 e. The summed E-state index contributed by atoms with van der Waals surface area (Å²) < 4.78 is 4.25. The van der Waals surface area contributed by atoms with E-state index in [9.17, 15) is 4.79 Å². The molecule has 0 aliphatic rings. The number of methoxy groups -OCH3 is 1. The molecule has 0 unspecified atom stereocenters. The molecule has 17 heavy (non-hydrogen) atoms. The summed E-state index contributed by atoms with van der Waals surface area (Å²) in [6.07, 6.45) is 3.54. The van der Waals surface area contributed by atoms with E-state index < -0.39 is 0 Å². The summed E-state index contributed by atoms with van der Waals surface area (Å²) in [4.78, 5) is 10.1. The van der Waals surface area contributed by atoms with E-state index in [0.29, 0.717) is 6.42 Å². The highest BCUT2D eigenvalue weighted by atomic mass is 16.4. The molecule has 1 aromatic rings. The van der Waals surface area contributed by atoms with E-state index >= 15 is 0 Å². The fraction of sp³-hybridized carbons (Fsp3) is 0.533. The van der Waals surface area contributed by atoms with Gasteiger partial charge in [0.15, 0.2) is 0 Å². The van der Waals surface area contributed by atoms with Crippen LogP contribution in [0.5, 0.6) is 0 Å². The first-order valence-corrected chi connectivity index (χ1v) is 6.20. The quantitative estimate of drug-likeness (QED) is 0.748. The van der Waals surface area contributed by atoms with E-state index in [1.165, 1.54) is 11.1 Å². The fourth-order valence-corrected chi connectivity index (χ4v) is 1.23. The molecule has 0 aromatic heterocycles. The number of ether oxygens (including phenoxy) is 1. The van der Waals surface area contributed by atoms with Gasteiger partial charge in [-0.05, 0) is 24.0 Å². The highest BCUT2D eigenvalue weighted by molar-refractivity contribution is 5.50. The zero-order valence-corrected chi connectivity index (χ0v) is 11.8. The number of carbonyl (C=O) groups is 1. The monoisotopic (exact) mass is 238 g/mol. The van der Waals surface area contributed by atoms with Crippen molar-refractivity contribution in [2.24, 2.45) is 0 Å². The predicted molar refractivity (Wildman–Crippen MR) is 74.5 cm³/mol. The Hall–Kier alpha value is -1.15. The van der Waals surface area contributed by atoms with Gasteiger partial charge >= 0.3 is 0 Å². The average Bonchev–Trinajstić information content (AvgIpc) is 2.40. The Bertz CT molecular complexity index is 269. The summed E-state index contributed by atoms with van der Waals surface area (Å²) in [6.45, 7) is 6.14. The molecule has 1 rings (SSSR count). The zero-order valence-electron chi connectivity index (χ0n) is 11.8. The Labute approximate surface area is 106 Å². The van der Waals surface area contributed by atoms with Crippen molar-refractivity contribution in [1.29, 1.82) is 0 Å². The number of hydrogen-bond donors (Lipinski definition) is 0. The predicted octanol–water partition coefficient (Wildman–Crippen LogP) is 3.67. The molecule has 0 radical (unpaired) electrons. The van der Waals surface area contributed by atoms with Crippen LogP contribution in [-0.4, -0.2) is 20.5 Å². The molecule has 0 N–H and O–H groups in total. The molecule has 0 spiro atoms. The van der Waals surface area contributed by atoms with Crippen molar-refractivity contribution in [2.45, 2.75) is 40.0 Å². The van der Waals surface area contributed by atoms with Crippen molar-refractivity contribution in [1.82, 2.24) is 0 Å². The van der Waals surface area contributed by atoms with Gasteiger partial charge in [-0.15, -0.1) is 0 Å². The summed E-state index contributed by atoms with van der Waals surface area (Å²) in [5.41, 5.74) is 2.61. The molecule has 2 nitrogen and oxygen atoms in total. The number of rotatable bonds is 4. The lowest BCUT2D eigenvalue weighted by atomic mass is 10.1. The van der Waals surface area contributed by atoms with Crippen LogP contribution in [0.1, 0.15) is 38.3 Å². The minimum Gasteiger partial charge on any atom is -0.388 e. The SMILES string of the molecule is CC.CCc1cccc(CCC=O)c1.COC. The Kier molecular flexibility index (Phi) is 15.9. The number of carbonyl (C=O) groups excluding carboxylic acids is 1. The van der Waals surface area contributed by atoms with E-state index in [4.69, 9.17) is 0 Å². The van der Waals surface area contributed by atoms with Crippen molar-refractivity contribution in [3.63, 3.8) is 0 Å². The van der Waals surface area contributed by atoms with Crippen molar-refractivity contribution in [3.05, 3.63) is 35.4 Å². The van der Waals surface area contributed by atoms with E-state index in [2.05, 4.69) is 35.9 Å². The van der Waals surface area contributed by atoms with E-state index in [0.717, 1.165) is 19.1 Å². The average molecular weight is 238 g/mol. The van der Waals surface area contributed by atoms with Crippen LogP contribution in [0.2, 0.25) is 0 Å². The second-order valence-electron chi connectivity index (χ2n) is 3.29. The van der Waals surface area contributed by atoms with Crippen molar-refractivity contribution in [3.8, 4) is 0 Å². The molecular formula is C15H26O2. The van der Waals surface area contributed by atoms with Gasteiger partial charge in [0.05, 0.1) is 0 Å². The van der Waals surface area contributed by atoms with Crippen molar-refractivity contribution >= 4 is 6.29 Å². The summed E-state index contributed by atoms with van der Waals surface area (Å²) >= 11 is 0. The van der Waals surface area contributed by atoms with E-state index in [-0.39, 0.29) is 0 Å². The first kappa shape index (κ1) is 18.2.